The predicted molar refractivity (Wildman–Crippen MR) is 145 cm³/mol. The Morgan fingerprint density at radius 3 is 2.82 bits per heavy atom. The number of nitrogens with one attached hydrogen (secondary N) is 2. The van der Waals surface area contributed by atoms with Gasteiger partial charge < -0.3 is 24.5 Å². The van der Waals surface area contributed by atoms with Crippen LogP contribution in [0.15, 0.2) is 36.4 Å². The molecule has 0 spiro atoms. The van der Waals surface area contributed by atoms with Gasteiger partial charge in [0.25, 0.3) is 0 Å². The van der Waals surface area contributed by atoms with Gasteiger partial charge in [-0.05, 0) is 73.9 Å². The van der Waals surface area contributed by atoms with Crippen LogP contribution in [0.25, 0.3) is 22.2 Å². The fourth-order valence-corrected chi connectivity index (χ4v) is 5.66. The first-order valence-electron chi connectivity index (χ1n) is 13.3. The SMILES string of the molecule is COC(=O)Nc1nc2ccc(-c3ccc4c(c3)CN(C(=O)C(C)C3CCCC(C)(O)CC3)CCO4)cc2[nH]1. The van der Waals surface area contributed by atoms with Gasteiger partial charge in [0, 0.05) is 18.0 Å². The first-order chi connectivity index (χ1) is 18.2. The Bertz CT molecular complexity index is 1330. The van der Waals surface area contributed by atoms with E-state index in [9.17, 15) is 14.7 Å². The van der Waals surface area contributed by atoms with E-state index < -0.39 is 11.7 Å². The van der Waals surface area contributed by atoms with Gasteiger partial charge in [-0.1, -0.05) is 25.5 Å². The van der Waals surface area contributed by atoms with Gasteiger partial charge in [0.05, 0.1) is 30.3 Å². The summed E-state index contributed by atoms with van der Waals surface area (Å²) in [6.07, 6.45) is 3.75. The number of fused-ring (bicyclic) bond motifs is 2. The normalized spacial score (nSPS) is 22.5. The van der Waals surface area contributed by atoms with Gasteiger partial charge in [0.15, 0.2) is 0 Å². The summed E-state index contributed by atoms with van der Waals surface area (Å²) in [6.45, 7) is 5.45. The minimum absolute atomic E-state index is 0.0933. The molecule has 9 nitrogen and oxygen atoms in total. The topological polar surface area (TPSA) is 117 Å². The van der Waals surface area contributed by atoms with E-state index in [4.69, 9.17) is 4.74 Å². The van der Waals surface area contributed by atoms with Crippen LogP contribution >= 0.6 is 0 Å². The molecule has 202 valence electrons. The number of rotatable bonds is 4. The van der Waals surface area contributed by atoms with Crippen LogP contribution in [0.4, 0.5) is 10.7 Å². The molecule has 38 heavy (non-hydrogen) atoms. The number of aromatic nitrogens is 2. The Hall–Kier alpha value is -3.59. The molecule has 1 saturated carbocycles. The highest BCUT2D eigenvalue weighted by atomic mass is 16.5. The van der Waals surface area contributed by atoms with E-state index in [0.29, 0.717) is 25.6 Å². The molecule has 0 radical (unpaired) electrons. The van der Waals surface area contributed by atoms with Crippen molar-refractivity contribution in [1.82, 2.24) is 14.9 Å². The summed E-state index contributed by atoms with van der Waals surface area (Å²) in [4.78, 5) is 34.5. The molecule has 2 aliphatic rings. The average molecular weight is 521 g/mol. The lowest BCUT2D eigenvalue weighted by molar-refractivity contribution is -0.137. The minimum atomic E-state index is -0.623. The van der Waals surface area contributed by atoms with Crippen LogP contribution in [-0.4, -0.2) is 57.8 Å². The van der Waals surface area contributed by atoms with Crippen molar-refractivity contribution in [2.75, 3.05) is 25.6 Å². The van der Waals surface area contributed by atoms with E-state index in [1.165, 1.54) is 7.11 Å². The molecular formula is C29H36N4O5. The first-order valence-corrected chi connectivity index (χ1v) is 13.3. The fourth-order valence-electron chi connectivity index (χ4n) is 5.66. The van der Waals surface area contributed by atoms with Crippen molar-refractivity contribution in [2.24, 2.45) is 11.8 Å². The number of carbonyl (C=O) groups excluding carboxylic acids is 2. The summed E-state index contributed by atoms with van der Waals surface area (Å²) in [5.74, 6) is 1.47. The van der Waals surface area contributed by atoms with Gasteiger partial charge in [-0.25, -0.2) is 9.78 Å². The lowest BCUT2D eigenvalue weighted by Gasteiger charge is -2.29. The molecule has 5 rings (SSSR count). The van der Waals surface area contributed by atoms with E-state index in [1.54, 1.807) is 0 Å². The lowest BCUT2D eigenvalue weighted by atomic mass is 9.85. The lowest BCUT2D eigenvalue weighted by Crippen LogP contribution is -2.39. The summed E-state index contributed by atoms with van der Waals surface area (Å²) >= 11 is 0. The third-order valence-electron chi connectivity index (χ3n) is 8.01. The molecule has 0 bridgehead atoms. The molecule has 3 atom stereocenters. The van der Waals surface area contributed by atoms with E-state index in [1.807, 2.05) is 49.1 Å². The van der Waals surface area contributed by atoms with Gasteiger partial charge in [0.1, 0.15) is 12.4 Å². The van der Waals surface area contributed by atoms with Crippen LogP contribution < -0.4 is 10.1 Å². The van der Waals surface area contributed by atoms with Crippen LogP contribution in [-0.2, 0) is 16.1 Å². The fraction of sp³-hybridized carbons (Fsp3) is 0.483. The van der Waals surface area contributed by atoms with Crippen molar-refractivity contribution < 1.29 is 24.2 Å². The highest BCUT2D eigenvalue weighted by Crippen LogP contribution is 2.36. The van der Waals surface area contributed by atoms with Crippen LogP contribution in [0.1, 0.15) is 51.5 Å². The molecule has 2 heterocycles. The average Bonchev–Trinajstić information content (AvgIpc) is 3.05. The standard InChI is InChI=1S/C29H36N4O5/c1-18(19-5-4-11-29(2,36)12-10-19)26(34)33-13-14-38-25-9-7-20(15-22(25)17-33)21-6-8-23-24(16-21)31-27(30-23)32-28(35)37-3/h6-9,15-16,18-19,36H,4-5,10-14,17H2,1-3H3,(H2,30,31,32,35). The van der Waals surface area contributed by atoms with Crippen molar-refractivity contribution in [2.45, 2.75) is 58.1 Å². The van der Waals surface area contributed by atoms with E-state index in [0.717, 1.165) is 65.6 Å². The van der Waals surface area contributed by atoms with Gasteiger partial charge >= 0.3 is 6.09 Å². The maximum absolute atomic E-state index is 13.6. The highest BCUT2D eigenvalue weighted by molar-refractivity contribution is 5.88. The zero-order chi connectivity index (χ0) is 26.9. The van der Waals surface area contributed by atoms with Crippen molar-refractivity contribution >= 4 is 29.0 Å². The third kappa shape index (κ3) is 5.62. The second kappa shape index (κ2) is 10.6. The van der Waals surface area contributed by atoms with Crippen LogP contribution in [0, 0.1) is 11.8 Å². The number of carbonyl (C=O) groups is 2. The van der Waals surface area contributed by atoms with E-state index in [-0.39, 0.29) is 17.7 Å². The number of ether oxygens (including phenoxy) is 2. The Morgan fingerprint density at radius 1 is 1.21 bits per heavy atom. The number of H-pyrrole nitrogens is 1. The summed E-state index contributed by atoms with van der Waals surface area (Å²) in [5.41, 5.74) is 3.84. The number of methoxy groups -OCH3 is 1. The minimum Gasteiger partial charge on any atom is -0.491 e. The van der Waals surface area contributed by atoms with Crippen molar-refractivity contribution in [3.63, 3.8) is 0 Å². The predicted octanol–water partition coefficient (Wildman–Crippen LogP) is 5.10. The second-order valence-electron chi connectivity index (χ2n) is 10.8. The summed E-state index contributed by atoms with van der Waals surface area (Å²) in [5, 5.41) is 13.0. The van der Waals surface area contributed by atoms with Crippen molar-refractivity contribution in [1.29, 1.82) is 0 Å². The largest absolute Gasteiger partial charge is 0.491 e. The molecule has 3 aromatic rings. The molecule has 0 saturated heterocycles. The molecule has 3 N–H and O–H groups in total. The van der Waals surface area contributed by atoms with Gasteiger partial charge in [-0.2, -0.15) is 0 Å². The Kier molecular flexibility index (Phi) is 7.29. The number of aliphatic hydroxyl groups is 1. The summed E-state index contributed by atoms with van der Waals surface area (Å²) < 4.78 is 10.7. The van der Waals surface area contributed by atoms with E-state index >= 15 is 0 Å². The molecule has 1 aliphatic heterocycles. The number of hydrogen-bond donors (Lipinski definition) is 3. The Balaban J connectivity index is 1.34. The number of benzene rings is 2. The number of aromatic amines is 1. The van der Waals surface area contributed by atoms with Crippen molar-refractivity contribution in [3.05, 3.63) is 42.0 Å². The van der Waals surface area contributed by atoms with Gasteiger partial charge in [-0.3, -0.25) is 10.1 Å². The summed E-state index contributed by atoms with van der Waals surface area (Å²) in [7, 11) is 1.30. The number of amides is 2. The monoisotopic (exact) mass is 520 g/mol. The number of imidazole rings is 1. The number of nitrogens with zero attached hydrogens (tertiary/aromatic N) is 2. The molecular weight excluding hydrogens is 484 g/mol. The molecule has 9 heteroatoms. The quantitative estimate of drug-likeness (QED) is 0.412. The number of anilines is 1. The van der Waals surface area contributed by atoms with Crippen LogP contribution in [0.3, 0.4) is 0 Å². The van der Waals surface area contributed by atoms with Gasteiger partial charge in [-0.15, -0.1) is 0 Å². The maximum atomic E-state index is 13.6. The summed E-state index contributed by atoms with van der Waals surface area (Å²) in [6, 6.07) is 11.9. The first kappa shape index (κ1) is 26.0. The van der Waals surface area contributed by atoms with Gasteiger partial charge in [0.2, 0.25) is 11.9 Å². The number of hydrogen-bond acceptors (Lipinski definition) is 6. The maximum Gasteiger partial charge on any atom is 0.413 e. The van der Waals surface area contributed by atoms with Crippen molar-refractivity contribution in [3.8, 4) is 16.9 Å². The van der Waals surface area contributed by atoms with Crippen LogP contribution in [0.2, 0.25) is 0 Å². The smallest absolute Gasteiger partial charge is 0.413 e. The molecule has 2 amide bonds. The molecule has 1 fully saturated rings. The molecule has 1 aromatic heterocycles. The molecule has 2 aromatic carbocycles. The zero-order valence-corrected chi connectivity index (χ0v) is 22.3. The van der Waals surface area contributed by atoms with Crippen LogP contribution in [0.5, 0.6) is 5.75 Å². The Morgan fingerprint density at radius 2 is 2.00 bits per heavy atom. The zero-order valence-electron chi connectivity index (χ0n) is 22.3. The molecule has 1 aliphatic carbocycles. The van der Waals surface area contributed by atoms with E-state index in [2.05, 4.69) is 26.1 Å². The molecule has 3 unspecified atom stereocenters. The third-order valence-corrected chi connectivity index (χ3v) is 8.01. The Labute approximate surface area is 222 Å². The highest BCUT2D eigenvalue weighted by Gasteiger charge is 2.33. The second-order valence-corrected chi connectivity index (χ2v) is 10.8.